The van der Waals surface area contributed by atoms with E-state index >= 15 is 0 Å². The van der Waals surface area contributed by atoms with E-state index in [4.69, 9.17) is 10.1 Å². The summed E-state index contributed by atoms with van der Waals surface area (Å²) in [6.07, 6.45) is 4.02. The second-order valence-electron chi connectivity index (χ2n) is 8.00. The van der Waals surface area contributed by atoms with Crippen molar-refractivity contribution in [1.29, 1.82) is 0 Å². The lowest BCUT2D eigenvalue weighted by molar-refractivity contribution is 0.113. The van der Waals surface area contributed by atoms with Gasteiger partial charge in [-0.1, -0.05) is 11.8 Å². The third-order valence-electron chi connectivity index (χ3n) is 5.52. The molecule has 170 valence electrons. The first kappa shape index (κ1) is 22.7. The van der Waals surface area contributed by atoms with Crippen LogP contribution >= 0.6 is 11.8 Å². The Hall–Kier alpha value is -2.46. The average molecular weight is 459 g/mol. The number of nitrogens with zero attached hydrogens (tertiary/aromatic N) is 2. The van der Waals surface area contributed by atoms with Crippen LogP contribution in [0.1, 0.15) is 25.7 Å². The summed E-state index contributed by atoms with van der Waals surface area (Å²) in [5.41, 5.74) is 3.07. The van der Waals surface area contributed by atoms with Gasteiger partial charge in [0.25, 0.3) is 0 Å². The first-order chi connectivity index (χ1) is 15.5. The highest BCUT2D eigenvalue weighted by Gasteiger charge is 2.20. The number of pyridine rings is 1. The zero-order valence-corrected chi connectivity index (χ0v) is 18.4. The summed E-state index contributed by atoms with van der Waals surface area (Å²) in [5, 5.41) is 32.5. The first-order valence-corrected chi connectivity index (χ1v) is 11.7. The Morgan fingerprint density at radius 3 is 2.59 bits per heavy atom. The van der Waals surface area contributed by atoms with Gasteiger partial charge >= 0.3 is 0 Å². The van der Waals surface area contributed by atoms with Gasteiger partial charge in [0.2, 0.25) is 0 Å². The van der Waals surface area contributed by atoms with Crippen molar-refractivity contribution in [2.24, 2.45) is 0 Å². The van der Waals surface area contributed by atoms with E-state index in [1.54, 1.807) is 18.3 Å². The van der Waals surface area contributed by atoms with E-state index in [9.17, 15) is 14.6 Å². The number of hydrogen-bond acceptors (Lipinski definition) is 7. The zero-order valence-electron chi connectivity index (χ0n) is 17.5. The fourth-order valence-electron chi connectivity index (χ4n) is 3.77. The number of H-pyrrole nitrogens is 1. The predicted molar refractivity (Wildman–Crippen MR) is 123 cm³/mol. The second-order valence-corrected chi connectivity index (χ2v) is 9.01. The largest absolute Gasteiger partial charge is 0.394 e. The van der Waals surface area contributed by atoms with Crippen LogP contribution in [0.15, 0.2) is 47.8 Å². The molecule has 9 heteroatoms. The number of thioether (sulfide) groups is 1. The standard InChI is InChI=1S/C23H27FN4O3S/c24-16-3-1-14(2-4-16)21-22(28-23(27-21)32-13-19(31)12-29)15-9-10-25-20(11-15)26-17-5-7-18(30)8-6-17/h1-4,9-11,17-19,29-31H,5-8,12-13H2,(H,25,26)(H,27,28). The Balaban J connectivity index is 1.62. The van der Waals surface area contributed by atoms with Gasteiger partial charge in [0, 0.05) is 29.1 Å². The molecule has 0 saturated heterocycles. The van der Waals surface area contributed by atoms with Crippen LogP contribution in [0.25, 0.3) is 22.5 Å². The van der Waals surface area contributed by atoms with Crippen LogP contribution in [-0.2, 0) is 0 Å². The molecule has 0 radical (unpaired) electrons. The number of benzene rings is 1. The molecular weight excluding hydrogens is 431 g/mol. The number of rotatable bonds is 8. The summed E-state index contributed by atoms with van der Waals surface area (Å²) in [6, 6.07) is 10.3. The van der Waals surface area contributed by atoms with E-state index in [1.165, 1.54) is 23.9 Å². The molecule has 0 bridgehead atoms. The fraction of sp³-hybridized carbons (Fsp3) is 0.391. The minimum atomic E-state index is -0.839. The molecule has 1 aromatic carbocycles. The van der Waals surface area contributed by atoms with Crippen LogP contribution in [0.2, 0.25) is 0 Å². The number of hydrogen-bond donors (Lipinski definition) is 5. The highest BCUT2D eigenvalue weighted by atomic mass is 32.2. The molecule has 1 fully saturated rings. The molecule has 5 N–H and O–H groups in total. The van der Waals surface area contributed by atoms with Crippen LogP contribution in [0.4, 0.5) is 10.2 Å². The normalized spacial score (nSPS) is 19.6. The summed E-state index contributed by atoms with van der Waals surface area (Å²) in [6.45, 7) is -0.317. The average Bonchev–Trinajstić information content (AvgIpc) is 3.24. The molecule has 0 aliphatic heterocycles. The van der Waals surface area contributed by atoms with Crippen molar-refractivity contribution >= 4 is 17.6 Å². The summed E-state index contributed by atoms with van der Waals surface area (Å²) in [5.74, 6) is 0.716. The number of aromatic amines is 1. The van der Waals surface area contributed by atoms with Gasteiger partial charge in [-0.05, 0) is 62.1 Å². The van der Waals surface area contributed by atoms with Gasteiger partial charge in [0.1, 0.15) is 11.6 Å². The molecular formula is C23H27FN4O3S. The number of aliphatic hydroxyl groups is 3. The highest BCUT2D eigenvalue weighted by molar-refractivity contribution is 7.99. The second kappa shape index (κ2) is 10.4. The Morgan fingerprint density at radius 1 is 1.12 bits per heavy atom. The molecule has 1 aliphatic rings. The van der Waals surface area contributed by atoms with Gasteiger partial charge in [-0.25, -0.2) is 14.4 Å². The maximum Gasteiger partial charge on any atom is 0.166 e. The van der Waals surface area contributed by atoms with Gasteiger partial charge in [-0.2, -0.15) is 0 Å². The molecule has 1 saturated carbocycles. The topological polar surface area (TPSA) is 114 Å². The molecule has 1 aliphatic carbocycles. The molecule has 1 unspecified atom stereocenters. The van der Waals surface area contributed by atoms with Gasteiger partial charge < -0.3 is 25.6 Å². The van der Waals surface area contributed by atoms with E-state index < -0.39 is 6.10 Å². The maximum absolute atomic E-state index is 13.5. The molecule has 0 amide bonds. The van der Waals surface area contributed by atoms with Crippen LogP contribution in [0.5, 0.6) is 0 Å². The van der Waals surface area contributed by atoms with Crippen molar-refractivity contribution < 1.29 is 19.7 Å². The lowest BCUT2D eigenvalue weighted by Crippen LogP contribution is -2.28. The minimum absolute atomic E-state index is 0.213. The summed E-state index contributed by atoms with van der Waals surface area (Å²) in [4.78, 5) is 12.4. The third kappa shape index (κ3) is 5.66. The van der Waals surface area contributed by atoms with Crippen molar-refractivity contribution in [3.63, 3.8) is 0 Å². The van der Waals surface area contributed by atoms with Crippen molar-refractivity contribution in [3.05, 3.63) is 48.4 Å². The molecule has 4 rings (SSSR count). The minimum Gasteiger partial charge on any atom is -0.394 e. The van der Waals surface area contributed by atoms with E-state index in [2.05, 4.69) is 15.3 Å². The van der Waals surface area contributed by atoms with Gasteiger partial charge in [0.05, 0.1) is 30.2 Å². The fourth-order valence-corrected chi connectivity index (χ4v) is 4.55. The summed E-state index contributed by atoms with van der Waals surface area (Å²) >= 11 is 1.31. The van der Waals surface area contributed by atoms with E-state index in [0.717, 1.165) is 48.3 Å². The van der Waals surface area contributed by atoms with Crippen LogP contribution in [-0.4, -0.2) is 60.9 Å². The van der Waals surface area contributed by atoms with Crippen LogP contribution in [0.3, 0.4) is 0 Å². The number of nitrogens with one attached hydrogen (secondary N) is 2. The zero-order chi connectivity index (χ0) is 22.5. The number of imidazole rings is 1. The van der Waals surface area contributed by atoms with Crippen molar-refractivity contribution in [3.8, 4) is 22.5 Å². The molecule has 3 aromatic rings. The van der Waals surface area contributed by atoms with Crippen molar-refractivity contribution in [1.82, 2.24) is 15.0 Å². The Morgan fingerprint density at radius 2 is 1.88 bits per heavy atom. The molecule has 2 heterocycles. The number of aromatic nitrogens is 3. The summed E-state index contributed by atoms with van der Waals surface area (Å²) < 4.78 is 13.5. The molecule has 2 aromatic heterocycles. The smallest absolute Gasteiger partial charge is 0.166 e. The number of anilines is 1. The van der Waals surface area contributed by atoms with Crippen LogP contribution < -0.4 is 5.32 Å². The molecule has 7 nitrogen and oxygen atoms in total. The lowest BCUT2D eigenvalue weighted by Gasteiger charge is -2.26. The van der Waals surface area contributed by atoms with E-state index in [-0.39, 0.29) is 24.6 Å². The van der Waals surface area contributed by atoms with Crippen molar-refractivity contribution in [2.75, 3.05) is 17.7 Å². The quantitative estimate of drug-likeness (QED) is 0.329. The highest BCUT2D eigenvalue weighted by Crippen LogP contribution is 2.34. The van der Waals surface area contributed by atoms with Crippen molar-refractivity contribution in [2.45, 2.75) is 49.1 Å². The monoisotopic (exact) mass is 458 g/mol. The third-order valence-corrected chi connectivity index (χ3v) is 6.54. The van der Waals surface area contributed by atoms with Gasteiger partial charge in [-0.3, -0.25) is 0 Å². The maximum atomic E-state index is 13.5. The van der Waals surface area contributed by atoms with E-state index in [1.807, 2.05) is 12.1 Å². The van der Waals surface area contributed by atoms with Gasteiger partial charge in [0.15, 0.2) is 5.16 Å². The SMILES string of the molecule is OCC(O)CSc1nc(-c2ccnc(NC3CCC(O)CC3)c2)c(-c2ccc(F)cc2)[nH]1. The van der Waals surface area contributed by atoms with Crippen LogP contribution in [0, 0.1) is 5.82 Å². The van der Waals surface area contributed by atoms with E-state index in [0.29, 0.717) is 16.6 Å². The lowest BCUT2D eigenvalue weighted by atomic mass is 9.93. The first-order valence-electron chi connectivity index (χ1n) is 10.7. The molecule has 32 heavy (non-hydrogen) atoms. The van der Waals surface area contributed by atoms with Gasteiger partial charge in [-0.15, -0.1) is 0 Å². The number of halogens is 1. The molecule has 1 atom stereocenters. The number of aliphatic hydroxyl groups excluding tert-OH is 3. The Kier molecular flexibility index (Phi) is 7.41. The summed E-state index contributed by atoms with van der Waals surface area (Å²) in [7, 11) is 0. The predicted octanol–water partition coefficient (Wildman–Crippen LogP) is 3.44. The Bertz CT molecular complexity index is 1020. The Labute approximate surface area is 190 Å². The molecule has 0 spiro atoms.